The molecule has 0 radical (unpaired) electrons. The van der Waals surface area contributed by atoms with E-state index >= 15 is 0 Å². The molecule has 1 atom stereocenters. The average Bonchev–Trinajstić information content (AvgIpc) is 3.01. The Kier molecular flexibility index (Phi) is 4.13. The van der Waals surface area contributed by atoms with E-state index in [0.29, 0.717) is 25.8 Å². The van der Waals surface area contributed by atoms with Crippen molar-refractivity contribution >= 4 is 0 Å². The molecule has 2 aliphatic rings. The SMILES string of the molecule is CN(CC(O)c1ccc2c(c1)OCCO2)C1CCCC1. The molecule has 4 nitrogen and oxygen atoms in total. The summed E-state index contributed by atoms with van der Waals surface area (Å²) in [4.78, 5) is 2.29. The van der Waals surface area contributed by atoms with Gasteiger partial charge in [-0.25, -0.2) is 0 Å². The molecule has 0 amide bonds. The van der Waals surface area contributed by atoms with Crippen LogP contribution in [0.2, 0.25) is 0 Å². The summed E-state index contributed by atoms with van der Waals surface area (Å²) in [6.45, 7) is 1.85. The molecule has 0 bridgehead atoms. The molecule has 110 valence electrons. The van der Waals surface area contributed by atoms with Crippen molar-refractivity contribution in [3.63, 3.8) is 0 Å². The van der Waals surface area contributed by atoms with Crippen molar-refractivity contribution in [3.05, 3.63) is 23.8 Å². The third-order valence-corrected chi connectivity index (χ3v) is 4.36. The minimum absolute atomic E-state index is 0.476. The number of likely N-dealkylation sites (N-methyl/N-ethyl adjacent to an activating group) is 1. The summed E-state index contributed by atoms with van der Waals surface area (Å²) in [7, 11) is 2.11. The highest BCUT2D eigenvalue weighted by Crippen LogP contribution is 2.33. The van der Waals surface area contributed by atoms with Crippen molar-refractivity contribution < 1.29 is 14.6 Å². The standard InChI is InChI=1S/C16H23NO3/c1-17(13-4-2-3-5-13)11-14(18)12-6-7-15-16(10-12)20-9-8-19-15/h6-7,10,13-14,18H,2-5,8-9,11H2,1H3. The Morgan fingerprint density at radius 1 is 1.20 bits per heavy atom. The molecular weight excluding hydrogens is 254 g/mol. The zero-order valence-corrected chi connectivity index (χ0v) is 12.0. The summed E-state index contributed by atoms with van der Waals surface area (Å²) in [5.41, 5.74) is 0.902. The molecule has 1 unspecified atom stereocenters. The van der Waals surface area contributed by atoms with Crippen molar-refractivity contribution in [1.29, 1.82) is 0 Å². The first-order chi connectivity index (χ1) is 9.74. The lowest BCUT2D eigenvalue weighted by molar-refractivity contribution is 0.104. The van der Waals surface area contributed by atoms with Crippen LogP contribution in [0.5, 0.6) is 11.5 Å². The lowest BCUT2D eigenvalue weighted by atomic mass is 10.1. The Morgan fingerprint density at radius 2 is 1.90 bits per heavy atom. The Hall–Kier alpha value is -1.26. The topological polar surface area (TPSA) is 41.9 Å². The molecule has 1 saturated carbocycles. The Labute approximate surface area is 120 Å². The third-order valence-electron chi connectivity index (χ3n) is 4.36. The second-order valence-corrected chi connectivity index (χ2v) is 5.80. The van der Waals surface area contributed by atoms with Crippen LogP contribution in [-0.2, 0) is 0 Å². The molecular formula is C16H23NO3. The van der Waals surface area contributed by atoms with E-state index in [1.807, 2.05) is 18.2 Å². The van der Waals surface area contributed by atoms with Crippen molar-refractivity contribution in [3.8, 4) is 11.5 Å². The van der Waals surface area contributed by atoms with Crippen LogP contribution in [0.3, 0.4) is 0 Å². The van der Waals surface area contributed by atoms with Gasteiger partial charge in [-0.3, -0.25) is 0 Å². The molecule has 1 aliphatic heterocycles. The molecule has 0 saturated heterocycles. The van der Waals surface area contributed by atoms with Crippen LogP contribution in [0.15, 0.2) is 18.2 Å². The summed E-state index contributed by atoms with van der Waals surface area (Å²) in [5, 5.41) is 10.4. The van der Waals surface area contributed by atoms with E-state index < -0.39 is 6.10 Å². The van der Waals surface area contributed by atoms with E-state index in [4.69, 9.17) is 9.47 Å². The van der Waals surface area contributed by atoms with Gasteiger partial charge in [0.15, 0.2) is 11.5 Å². The van der Waals surface area contributed by atoms with Crippen molar-refractivity contribution in [2.45, 2.75) is 37.8 Å². The summed E-state index contributed by atoms with van der Waals surface area (Å²) in [5.74, 6) is 1.52. The fourth-order valence-corrected chi connectivity index (χ4v) is 3.14. The molecule has 4 heteroatoms. The lowest BCUT2D eigenvalue weighted by Crippen LogP contribution is -2.33. The van der Waals surface area contributed by atoms with Crippen LogP contribution < -0.4 is 9.47 Å². The zero-order valence-electron chi connectivity index (χ0n) is 12.0. The minimum atomic E-state index is -0.476. The highest BCUT2D eigenvalue weighted by Gasteiger charge is 2.22. The van der Waals surface area contributed by atoms with E-state index in [0.717, 1.165) is 17.1 Å². The van der Waals surface area contributed by atoms with E-state index in [2.05, 4.69) is 11.9 Å². The number of ether oxygens (including phenoxy) is 2. The summed E-state index contributed by atoms with van der Waals surface area (Å²) >= 11 is 0. The normalized spacial score (nSPS) is 20.4. The maximum Gasteiger partial charge on any atom is 0.161 e. The highest BCUT2D eigenvalue weighted by molar-refractivity contribution is 5.44. The fraction of sp³-hybridized carbons (Fsp3) is 0.625. The van der Waals surface area contributed by atoms with Gasteiger partial charge in [-0.05, 0) is 37.6 Å². The molecule has 20 heavy (non-hydrogen) atoms. The Bertz CT molecular complexity index is 457. The molecule has 3 rings (SSSR count). The number of hydrogen-bond acceptors (Lipinski definition) is 4. The van der Waals surface area contributed by atoms with Gasteiger partial charge in [0.25, 0.3) is 0 Å². The largest absolute Gasteiger partial charge is 0.486 e. The van der Waals surface area contributed by atoms with Gasteiger partial charge in [0.05, 0.1) is 6.10 Å². The molecule has 1 aromatic rings. The molecule has 0 spiro atoms. The third kappa shape index (κ3) is 2.91. The van der Waals surface area contributed by atoms with Gasteiger partial charge in [0, 0.05) is 12.6 Å². The van der Waals surface area contributed by atoms with E-state index in [1.54, 1.807) is 0 Å². The number of hydrogen-bond donors (Lipinski definition) is 1. The first-order valence-corrected chi connectivity index (χ1v) is 7.52. The monoisotopic (exact) mass is 277 g/mol. The summed E-state index contributed by atoms with van der Waals surface area (Å²) in [6.07, 6.45) is 4.66. The first-order valence-electron chi connectivity index (χ1n) is 7.52. The first kappa shape index (κ1) is 13.7. The Balaban J connectivity index is 1.65. The minimum Gasteiger partial charge on any atom is -0.486 e. The van der Waals surface area contributed by atoms with Gasteiger partial charge >= 0.3 is 0 Å². The van der Waals surface area contributed by atoms with Crippen LogP contribution >= 0.6 is 0 Å². The zero-order chi connectivity index (χ0) is 13.9. The maximum atomic E-state index is 10.4. The van der Waals surface area contributed by atoms with E-state index in [1.165, 1.54) is 25.7 Å². The van der Waals surface area contributed by atoms with Gasteiger partial charge in [-0.1, -0.05) is 18.9 Å². The fourth-order valence-electron chi connectivity index (χ4n) is 3.14. The van der Waals surface area contributed by atoms with Gasteiger partial charge < -0.3 is 19.5 Å². The second-order valence-electron chi connectivity index (χ2n) is 5.80. The number of rotatable bonds is 4. The number of aliphatic hydroxyl groups is 1. The molecule has 0 aromatic heterocycles. The number of nitrogens with zero attached hydrogens (tertiary/aromatic N) is 1. The van der Waals surface area contributed by atoms with Crippen molar-refractivity contribution in [1.82, 2.24) is 4.90 Å². The number of benzene rings is 1. The van der Waals surface area contributed by atoms with E-state index in [-0.39, 0.29) is 0 Å². The molecule has 1 N–H and O–H groups in total. The van der Waals surface area contributed by atoms with Crippen LogP contribution in [0, 0.1) is 0 Å². The average molecular weight is 277 g/mol. The number of fused-ring (bicyclic) bond motifs is 1. The van der Waals surface area contributed by atoms with Crippen LogP contribution in [0.25, 0.3) is 0 Å². The predicted molar refractivity (Wildman–Crippen MR) is 77.3 cm³/mol. The molecule has 1 aromatic carbocycles. The van der Waals surface area contributed by atoms with E-state index in [9.17, 15) is 5.11 Å². The van der Waals surface area contributed by atoms with Crippen LogP contribution in [-0.4, -0.2) is 42.9 Å². The Morgan fingerprint density at radius 3 is 2.65 bits per heavy atom. The quantitative estimate of drug-likeness (QED) is 0.917. The van der Waals surface area contributed by atoms with Crippen molar-refractivity contribution in [2.75, 3.05) is 26.8 Å². The molecule has 1 heterocycles. The smallest absolute Gasteiger partial charge is 0.161 e. The van der Waals surface area contributed by atoms with Gasteiger partial charge in [-0.15, -0.1) is 0 Å². The maximum absolute atomic E-state index is 10.4. The summed E-state index contributed by atoms with van der Waals surface area (Å²) < 4.78 is 11.1. The molecule has 1 fully saturated rings. The number of aliphatic hydroxyl groups excluding tert-OH is 1. The van der Waals surface area contributed by atoms with Gasteiger partial charge in [0.1, 0.15) is 13.2 Å². The van der Waals surface area contributed by atoms with Crippen LogP contribution in [0.1, 0.15) is 37.4 Å². The molecule has 1 aliphatic carbocycles. The predicted octanol–water partition coefficient (Wildman–Crippen LogP) is 2.37. The highest BCUT2D eigenvalue weighted by atomic mass is 16.6. The summed E-state index contributed by atoms with van der Waals surface area (Å²) in [6, 6.07) is 6.35. The van der Waals surface area contributed by atoms with Gasteiger partial charge in [-0.2, -0.15) is 0 Å². The second kappa shape index (κ2) is 6.02. The van der Waals surface area contributed by atoms with Gasteiger partial charge in [0.2, 0.25) is 0 Å². The lowest BCUT2D eigenvalue weighted by Gasteiger charge is -2.27. The van der Waals surface area contributed by atoms with Crippen LogP contribution in [0.4, 0.5) is 0 Å². The van der Waals surface area contributed by atoms with Crippen molar-refractivity contribution in [2.24, 2.45) is 0 Å².